The van der Waals surface area contributed by atoms with Crippen LogP contribution in [0, 0.1) is 6.92 Å². The normalized spacial score (nSPS) is 10.8. The van der Waals surface area contributed by atoms with E-state index in [1.807, 2.05) is 18.2 Å². The van der Waals surface area contributed by atoms with E-state index in [9.17, 15) is 18.0 Å². The van der Waals surface area contributed by atoms with Crippen LogP contribution in [0.3, 0.4) is 0 Å². The molecule has 0 heterocycles. The summed E-state index contributed by atoms with van der Waals surface area (Å²) in [6.07, 6.45) is 1.05. The smallest absolute Gasteiger partial charge is 0.262 e. The summed E-state index contributed by atoms with van der Waals surface area (Å²) in [7, 11) is -3.47. The summed E-state index contributed by atoms with van der Waals surface area (Å²) in [5, 5.41) is 5.46. The van der Waals surface area contributed by atoms with E-state index in [0.717, 1.165) is 6.26 Å². The molecular weight excluding hydrogens is 430 g/mol. The molecule has 0 bridgehead atoms. The molecule has 3 N–H and O–H groups in total. The first-order valence-electron chi connectivity index (χ1n) is 9.67. The minimum Gasteiger partial charge on any atom is -0.484 e. The second-order valence-electron chi connectivity index (χ2n) is 7.09. The number of amides is 2. The maximum atomic E-state index is 12.6. The van der Waals surface area contributed by atoms with Crippen molar-refractivity contribution < 1.29 is 22.7 Å². The summed E-state index contributed by atoms with van der Waals surface area (Å²) < 4.78 is 31.0. The standard InChI is InChI=1S/C23H23N3O5S/c1-16-11-12-17(13-21(16)26-32(2,29)30)23(28)25-19-9-6-10-20(14-19)31-15-22(27)24-18-7-4-3-5-8-18/h3-14,26H,15H2,1-2H3,(H,24,27)(H,25,28). The topological polar surface area (TPSA) is 114 Å². The predicted molar refractivity (Wildman–Crippen MR) is 125 cm³/mol. The highest BCUT2D eigenvalue weighted by molar-refractivity contribution is 7.92. The molecule has 0 aliphatic carbocycles. The van der Waals surface area contributed by atoms with E-state index in [1.165, 1.54) is 6.07 Å². The number of ether oxygens (including phenoxy) is 1. The van der Waals surface area contributed by atoms with E-state index < -0.39 is 15.9 Å². The summed E-state index contributed by atoms with van der Waals surface area (Å²) in [4.78, 5) is 24.7. The van der Waals surface area contributed by atoms with Gasteiger partial charge in [0.1, 0.15) is 5.75 Å². The zero-order valence-corrected chi connectivity index (χ0v) is 18.4. The van der Waals surface area contributed by atoms with Crippen molar-refractivity contribution >= 4 is 38.9 Å². The first kappa shape index (κ1) is 22.8. The highest BCUT2D eigenvalue weighted by Crippen LogP contribution is 2.21. The number of rotatable bonds is 8. The number of nitrogens with one attached hydrogen (secondary N) is 3. The Morgan fingerprint density at radius 1 is 0.875 bits per heavy atom. The summed E-state index contributed by atoms with van der Waals surface area (Å²) in [6.45, 7) is 1.55. The van der Waals surface area contributed by atoms with Crippen molar-refractivity contribution in [2.24, 2.45) is 0 Å². The van der Waals surface area contributed by atoms with Crippen LogP contribution in [0.1, 0.15) is 15.9 Å². The average molecular weight is 454 g/mol. The van der Waals surface area contributed by atoms with Gasteiger partial charge in [0, 0.05) is 23.0 Å². The lowest BCUT2D eigenvalue weighted by Gasteiger charge is -2.12. The van der Waals surface area contributed by atoms with E-state index in [-0.39, 0.29) is 18.1 Å². The van der Waals surface area contributed by atoms with Gasteiger partial charge in [0.05, 0.1) is 11.9 Å². The zero-order chi connectivity index (χ0) is 23.1. The molecule has 2 amide bonds. The Bertz CT molecular complexity index is 1230. The first-order chi connectivity index (χ1) is 15.2. The largest absolute Gasteiger partial charge is 0.484 e. The number of sulfonamides is 1. The number of carbonyl (C=O) groups excluding carboxylic acids is 2. The zero-order valence-electron chi connectivity index (χ0n) is 17.6. The molecule has 0 radical (unpaired) electrons. The Kier molecular flexibility index (Phi) is 7.11. The molecule has 32 heavy (non-hydrogen) atoms. The summed E-state index contributed by atoms with van der Waals surface area (Å²) in [5.74, 6) is -0.314. The van der Waals surface area contributed by atoms with E-state index in [2.05, 4.69) is 15.4 Å². The minimum atomic E-state index is -3.47. The fourth-order valence-corrected chi connectivity index (χ4v) is 3.43. The fraction of sp³-hybridized carbons (Fsp3) is 0.130. The monoisotopic (exact) mass is 453 g/mol. The van der Waals surface area contributed by atoms with Gasteiger partial charge in [-0.1, -0.05) is 30.3 Å². The van der Waals surface area contributed by atoms with Crippen LogP contribution in [0.25, 0.3) is 0 Å². The van der Waals surface area contributed by atoms with Crippen molar-refractivity contribution in [2.45, 2.75) is 6.92 Å². The van der Waals surface area contributed by atoms with Crippen LogP contribution in [-0.2, 0) is 14.8 Å². The molecule has 0 saturated carbocycles. The molecule has 9 heteroatoms. The predicted octanol–water partition coefficient (Wildman–Crippen LogP) is 3.64. The number of hydrogen-bond donors (Lipinski definition) is 3. The van der Waals surface area contributed by atoms with Gasteiger partial charge in [-0.2, -0.15) is 0 Å². The minimum absolute atomic E-state index is 0.190. The summed E-state index contributed by atoms with van der Waals surface area (Å²) >= 11 is 0. The van der Waals surface area contributed by atoms with Crippen molar-refractivity contribution in [2.75, 3.05) is 28.2 Å². The first-order valence-corrected chi connectivity index (χ1v) is 11.6. The number of carbonyl (C=O) groups is 2. The van der Waals surface area contributed by atoms with Crippen LogP contribution in [-0.4, -0.2) is 33.1 Å². The summed E-state index contributed by atoms with van der Waals surface area (Å²) in [5.41, 5.74) is 2.45. The van der Waals surface area contributed by atoms with Gasteiger partial charge in [-0.25, -0.2) is 8.42 Å². The van der Waals surface area contributed by atoms with Crippen LogP contribution in [0.4, 0.5) is 17.1 Å². The van der Waals surface area contributed by atoms with Crippen LogP contribution in [0.2, 0.25) is 0 Å². The third kappa shape index (κ3) is 6.85. The van der Waals surface area contributed by atoms with Crippen molar-refractivity contribution in [1.29, 1.82) is 0 Å². The highest BCUT2D eigenvalue weighted by Gasteiger charge is 2.12. The van der Waals surface area contributed by atoms with Crippen LogP contribution in [0.5, 0.6) is 5.75 Å². The van der Waals surface area contributed by atoms with Gasteiger partial charge in [0.25, 0.3) is 11.8 Å². The molecule has 0 aliphatic heterocycles. The molecule has 0 fully saturated rings. The Labute approximate surface area is 186 Å². The summed E-state index contributed by atoms with van der Waals surface area (Å²) in [6, 6.07) is 20.4. The van der Waals surface area contributed by atoms with Gasteiger partial charge in [-0.3, -0.25) is 14.3 Å². The van der Waals surface area contributed by atoms with Crippen LogP contribution >= 0.6 is 0 Å². The van der Waals surface area contributed by atoms with Crippen LogP contribution in [0.15, 0.2) is 72.8 Å². The van der Waals surface area contributed by atoms with Crippen molar-refractivity contribution in [3.8, 4) is 5.75 Å². The molecule has 8 nitrogen and oxygen atoms in total. The van der Waals surface area contributed by atoms with Gasteiger partial charge in [-0.05, 0) is 48.9 Å². The Balaban J connectivity index is 1.62. The molecule has 0 saturated heterocycles. The van der Waals surface area contributed by atoms with Crippen LogP contribution < -0.4 is 20.1 Å². The third-order valence-corrected chi connectivity index (χ3v) is 4.91. The van der Waals surface area contributed by atoms with E-state index >= 15 is 0 Å². The SMILES string of the molecule is Cc1ccc(C(=O)Nc2cccc(OCC(=O)Nc3ccccc3)c2)cc1NS(C)(=O)=O. The van der Waals surface area contributed by atoms with Crippen molar-refractivity contribution in [3.05, 3.63) is 83.9 Å². The van der Waals surface area contributed by atoms with E-state index in [1.54, 1.807) is 55.5 Å². The second-order valence-corrected chi connectivity index (χ2v) is 8.84. The average Bonchev–Trinajstić information content (AvgIpc) is 2.74. The fourth-order valence-electron chi connectivity index (χ4n) is 2.81. The maximum absolute atomic E-state index is 12.6. The second kappa shape index (κ2) is 9.97. The van der Waals surface area contributed by atoms with Gasteiger partial charge in [0.2, 0.25) is 10.0 Å². The van der Waals surface area contributed by atoms with Gasteiger partial charge >= 0.3 is 0 Å². The molecule has 3 rings (SSSR count). The molecule has 3 aromatic rings. The van der Waals surface area contributed by atoms with Gasteiger partial charge in [-0.15, -0.1) is 0 Å². The van der Waals surface area contributed by atoms with Crippen molar-refractivity contribution in [1.82, 2.24) is 0 Å². The number of anilines is 3. The molecule has 0 atom stereocenters. The molecule has 166 valence electrons. The Morgan fingerprint density at radius 3 is 2.31 bits per heavy atom. The molecule has 0 aliphatic rings. The molecular formula is C23H23N3O5S. The molecule has 0 aromatic heterocycles. The molecule has 0 spiro atoms. The Hall–Kier alpha value is -3.85. The maximum Gasteiger partial charge on any atom is 0.262 e. The molecule has 3 aromatic carbocycles. The van der Waals surface area contributed by atoms with Crippen molar-refractivity contribution in [3.63, 3.8) is 0 Å². The number of para-hydroxylation sites is 1. The number of aryl methyl sites for hydroxylation is 1. The van der Waals surface area contributed by atoms with E-state index in [4.69, 9.17) is 4.74 Å². The van der Waals surface area contributed by atoms with Gasteiger partial charge in [0.15, 0.2) is 6.61 Å². The lowest BCUT2D eigenvalue weighted by molar-refractivity contribution is -0.118. The quantitative estimate of drug-likeness (QED) is 0.482. The number of hydrogen-bond acceptors (Lipinski definition) is 5. The lowest BCUT2D eigenvalue weighted by atomic mass is 10.1. The van der Waals surface area contributed by atoms with E-state index in [0.29, 0.717) is 28.4 Å². The Morgan fingerprint density at radius 2 is 1.59 bits per heavy atom. The molecule has 0 unspecified atom stereocenters. The lowest BCUT2D eigenvalue weighted by Crippen LogP contribution is -2.20. The highest BCUT2D eigenvalue weighted by atomic mass is 32.2. The third-order valence-electron chi connectivity index (χ3n) is 4.31. The van der Waals surface area contributed by atoms with Gasteiger partial charge < -0.3 is 15.4 Å². The number of benzene rings is 3.